The first-order chi connectivity index (χ1) is 7.88. The highest BCUT2D eigenvalue weighted by Crippen LogP contribution is 2.35. The maximum Gasteiger partial charge on any atom is 0.125 e. The lowest BCUT2D eigenvalue weighted by atomic mass is 9.86. The van der Waals surface area contributed by atoms with E-state index in [2.05, 4.69) is 39.8 Å². The Morgan fingerprint density at radius 2 is 1.88 bits per heavy atom. The van der Waals surface area contributed by atoms with E-state index in [-0.39, 0.29) is 11.8 Å². The van der Waals surface area contributed by atoms with E-state index in [0.717, 1.165) is 11.3 Å². The minimum absolute atomic E-state index is 0.167. The van der Waals surface area contributed by atoms with E-state index >= 15 is 0 Å². The summed E-state index contributed by atoms with van der Waals surface area (Å²) in [6, 6.07) is 4.28. The van der Waals surface area contributed by atoms with Crippen molar-refractivity contribution in [3.63, 3.8) is 0 Å². The SMILES string of the molecule is COc1c(C)cc(C)cc1C(C)C(C)C(N)=S. The van der Waals surface area contributed by atoms with Crippen LogP contribution in [0.2, 0.25) is 0 Å². The molecule has 0 aliphatic heterocycles. The molecule has 0 aromatic heterocycles. The summed E-state index contributed by atoms with van der Waals surface area (Å²) in [5.74, 6) is 1.38. The van der Waals surface area contributed by atoms with Crippen LogP contribution in [0.15, 0.2) is 12.1 Å². The molecule has 0 amide bonds. The Morgan fingerprint density at radius 1 is 1.29 bits per heavy atom. The summed E-state index contributed by atoms with van der Waals surface area (Å²) in [4.78, 5) is 0.554. The highest BCUT2D eigenvalue weighted by molar-refractivity contribution is 7.80. The van der Waals surface area contributed by atoms with Gasteiger partial charge >= 0.3 is 0 Å². The quantitative estimate of drug-likeness (QED) is 0.834. The maximum atomic E-state index is 5.73. The molecule has 0 fully saturated rings. The predicted molar refractivity (Wildman–Crippen MR) is 76.8 cm³/mol. The summed E-state index contributed by atoms with van der Waals surface area (Å²) in [7, 11) is 1.71. The topological polar surface area (TPSA) is 35.2 Å². The summed E-state index contributed by atoms with van der Waals surface area (Å²) in [6.07, 6.45) is 0. The van der Waals surface area contributed by atoms with Crippen LogP contribution in [0.25, 0.3) is 0 Å². The maximum absolute atomic E-state index is 5.73. The molecule has 17 heavy (non-hydrogen) atoms. The number of aryl methyl sites for hydroxylation is 2. The van der Waals surface area contributed by atoms with Crippen molar-refractivity contribution >= 4 is 17.2 Å². The highest BCUT2D eigenvalue weighted by atomic mass is 32.1. The van der Waals surface area contributed by atoms with Crippen LogP contribution in [0, 0.1) is 19.8 Å². The van der Waals surface area contributed by atoms with Crippen LogP contribution >= 0.6 is 12.2 Å². The molecule has 0 aliphatic carbocycles. The Balaban J connectivity index is 3.24. The summed E-state index contributed by atoms with van der Waals surface area (Å²) in [5, 5.41) is 0. The van der Waals surface area contributed by atoms with Gasteiger partial charge in [-0.1, -0.05) is 43.8 Å². The Bertz CT molecular complexity index is 428. The summed E-state index contributed by atoms with van der Waals surface area (Å²) in [6.45, 7) is 8.35. The zero-order valence-electron chi connectivity index (χ0n) is 11.2. The Kier molecular flexibility index (Phi) is 4.52. The first kappa shape index (κ1) is 14.0. The van der Waals surface area contributed by atoms with Crippen LogP contribution in [0.1, 0.15) is 36.5 Å². The standard InChI is InChI=1S/C14H21NOS/c1-8-6-9(2)13(16-5)12(7-8)10(3)11(4)14(15)17/h6-7,10-11H,1-5H3,(H2,15,17). The van der Waals surface area contributed by atoms with Crippen molar-refractivity contribution in [2.45, 2.75) is 33.6 Å². The Morgan fingerprint density at radius 3 is 2.35 bits per heavy atom. The van der Waals surface area contributed by atoms with Crippen molar-refractivity contribution in [1.29, 1.82) is 0 Å². The van der Waals surface area contributed by atoms with Crippen LogP contribution < -0.4 is 10.5 Å². The van der Waals surface area contributed by atoms with Crippen molar-refractivity contribution in [1.82, 2.24) is 0 Å². The summed E-state index contributed by atoms with van der Waals surface area (Å²) < 4.78 is 5.50. The number of rotatable bonds is 4. The molecule has 1 rings (SSSR count). The van der Waals surface area contributed by atoms with Gasteiger partial charge < -0.3 is 10.5 Å². The van der Waals surface area contributed by atoms with Gasteiger partial charge in [-0.15, -0.1) is 0 Å². The average Bonchev–Trinajstić information content (AvgIpc) is 2.25. The number of thiocarbonyl (C=S) groups is 1. The van der Waals surface area contributed by atoms with E-state index in [1.54, 1.807) is 7.11 Å². The molecule has 1 aromatic carbocycles. The first-order valence-corrected chi connectivity index (χ1v) is 6.23. The Hall–Kier alpha value is -1.09. The van der Waals surface area contributed by atoms with E-state index in [9.17, 15) is 0 Å². The van der Waals surface area contributed by atoms with Gasteiger partial charge in [0.05, 0.1) is 12.1 Å². The lowest BCUT2D eigenvalue weighted by Crippen LogP contribution is -2.23. The van der Waals surface area contributed by atoms with Gasteiger partial charge in [0.25, 0.3) is 0 Å². The van der Waals surface area contributed by atoms with Gasteiger partial charge in [0.1, 0.15) is 5.75 Å². The average molecular weight is 251 g/mol. The van der Waals surface area contributed by atoms with Gasteiger partial charge in [-0.05, 0) is 30.9 Å². The van der Waals surface area contributed by atoms with E-state index in [1.165, 1.54) is 11.1 Å². The molecule has 2 N–H and O–H groups in total. The molecule has 0 radical (unpaired) electrons. The third-order valence-electron chi connectivity index (χ3n) is 3.34. The molecule has 0 aliphatic rings. The number of nitrogens with two attached hydrogens (primary N) is 1. The molecule has 0 saturated heterocycles. The third-order valence-corrected chi connectivity index (χ3v) is 3.71. The van der Waals surface area contributed by atoms with Gasteiger partial charge in [-0.25, -0.2) is 0 Å². The van der Waals surface area contributed by atoms with Crippen LogP contribution in [0.4, 0.5) is 0 Å². The summed E-state index contributed by atoms with van der Waals surface area (Å²) >= 11 is 5.08. The van der Waals surface area contributed by atoms with E-state index in [4.69, 9.17) is 22.7 Å². The molecule has 0 bridgehead atoms. The predicted octanol–water partition coefficient (Wildman–Crippen LogP) is 3.34. The van der Waals surface area contributed by atoms with Crippen LogP contribution in [0.3, 0.4) is 0 Å². The first-order valence-electron chi connectivity index (χ1n) is 5.83. The molecule has 2 atom stereocenters. The van der Waals surface area contributed by atoms with Gasteiger partial charge in [-0.3, -0.25) is 0 Å². The number of hydrogen-bond acceptors (Lipinski definition) is 2. The minimum atomic E-state index is 0.167. The van der Waals surface area contributed by atoms with Crippen LogP contribution in [0.5, 0.6) is 5.75 Å². The van der Waals surface area contributed by atoms with Crippen LogP contribution in [-0.4, -0.2) is 12.1 Å². The second-order valence-corrected chi connectivity index (χ2v) is 5.16. The van der Waals surface area contributed by atoms with Crippen molar-refractivity contribution in [3.05, 3.63) is 28.8 Å². The monoisotopic (exact) mass is 251 g/mol. The normalized spacial score (nSPS) is 14.2. The van der Waals surface area contributed by atoms with E-state index in [0.29, 0.717) is 4.99 Å². The van der Waals surface area contributed by atoms with Crippen molar-refractivity contribution in [2.75, 3.05) is 7.11 Å². The second kappa shape index (κ2) is 5.50. The lowest BCUT2D eigenvalue weighted by molar-refractivity contribution is 0.400. The van der Waals surface area contributed by atoms with Crippen molar-refractivity contribution in [2.24, 2.45) is 11.7 Å². The highest BCUT2D eigenvalue weighted by Gasteiger charge is 2.21. The number of methoxy groups -OCH3 is 1. The van der Waals surface area contributed by atoms with Crippen molar-refractivity contribution < 1.29 is 4.74 Å². The smallest absolute Gasteiger partial charge is 0.125 e. The largest absolute Gasteiger partial charge is 0.496 e. The van der Waals surface area contributed by atoms with Crippen LogP contribution in [-0.2, 0) is 0 Å². The molecule has 0 spiro atoms. The molecular weight excluding hydrogens is 230 g/mol. The van der Waals surface area contributed by atoms with Gasteiger partial charge in [0.15, 0.2) is 0 Å². The number of ether oxygens (including phenoxy) is 1. The van der Waals surface area contributed by atoms with E-state index < -0.39 is 0 Å². The fourth-order valence-electron chi connectivity index (χ4n) is 2.12. The zero-order chi connectivity index (χ0) is 13.2. The molecule has 2 nitrogen and oxygen atoms in total. The van der Waals surface area contributed by atoms with Gasteiger partial charge in [0, 0.05) is 5.92 Å². The lowest BCUT2D eigenvalue weighted by Gasteiger charge is -2.23. The fraction of sp³-hybridized carbons (Fsp3) is 0.500. The Labute approximate surface area is 109 Å². The molecule has 2 unspecified atom stereocenters. The third kappa shape index (κ3) is 2.97. The number of hydrogen-bond donors (Lipinski definition) is 1. The molecule has 0 saturated carbocycles. The molecule has 3 heteroatoms. The van der Waals surface area contributed by atoms with Gasteiger partial charge in [-0.2, -0.15) is 0 Å². The second-order valence-electron chi connectivity index (χ2n) is 4.68. The number of benzene rings is 1. The molecular formula is C14H21NOS. The minimum Gasteiger partial charge on any atom is -0.496 e. The molecule has 0 heterocycles. The van der Waals surface area contributed by atoms with Crippen molar-refractivity contribution in [3.8, 4) is 5.75 Å². The zero-order valence-corrected chi connectivity index (χ0v) is 12.0. The summed E-state index contributed by atoms with van der Waals surface area (Å²) in [5.41, 5.74) is 9.31. The van der Waals surface area contributed by atoms with E-state index in [1.807, 2.05) is 0 Å². The fourth-order valence-corrected chi connectivity index (χ4v) is 2.32. The van der Waals surface area contributed by atoms with Gasteiger partial charge in [0.2, 0.25) is 0 Å². The molecule has 1 aromatic rings. The molecule has 94 valence electrons.